The molecule has 0 spiro atoms. The van der Waals surface area contributed by atoms with E-state index in [-0.39, 0.29) is 18.0 Å². The van der Waals surface area contributed by atoms with Crippen molar-refractivity contribution in [2.24, 2.45) is 5.73 Å². The number of carbonyl (C=O) groups is 1. The largest absolute Gasteiger partial charge is 0.322 e. The summed E-state index contributed by atoms with van der Waals surface area (Å²) < 4.78 is 14.4. The standard InChI is InChI=1S/C14H10BrFN2OS/c15-13-7-10(8-20-13)14(19)18-11-3-4-12(16)9(6-11)2-1-5-17/h3-4,6-8H,5,17H2,(H,18,19). The Balaban J connectivity index is 2.19. The van der Waals surface area contributed by atoms with E-state index in [1.54, 1.807) is 11.4 Å². The maximum atomic E-state index is 13.5. The van der Waals surface area contributed by atoms with Gasteiger partial charge in [0.05, 0.1) is 21.5 Å². The van der Waals surface area contributed by atoms with Gasteiger partial charge in [-0.25, -0.2) is 4.39 Å². The Morgan fingerprint density at radius 3 is 2.90 bits per heavy atom. The molecular formula is C14H10BrFN2OS. The van der Waals surface area contributed by atoms with Crippen molar-refractivity contribution in [1.29, 1.82) is 0 Å². The average molecular weight is 353 g/mol. The van der Waals surface area contributed by atoms with Gasteiger partial charge < -0.3 is 11.1 Å². The molecule has 20 heavy (non-hydrogen) atoms. The number of rotatable bonds is 2. The van der Waals surface area contributed by atoms with Crippen molar-refractivity contribution in [2.75, 3.05) is 11.9 Å². The SMILES string of the molecule is NCC#Cc1cc(NC(=O)c2csc(Br)c2)ccc1F. The van der Waals surface area contributed by atoms with Crippen LogP contribution >= 0.6 is 27.3 Å². The van der Waals surface area contributed by atoms with Crippen LogP contribution in [0.4, 0.5) is 10.1 Å². The molecule has 0 fully saturated rings. The molecule has 0 atom stereocenters. The molecule has 0 aliphatic carbocycles. The molecule has 2 aromatic rings. The third-order valence-electron chi connectivity index (χ3n) is 2.38. The molecule has 0 bridgehead atoms. The van der Waals surface area contributed by atoms with Crippen molar-refractivity contribution >= 4 is 38.9 Å². The summed E-state index contributed by atoms with van der Waals surface area (Å²) in [5.74, 6) is 4.51. The molecule has 0 saturated heterocycles. The van der Waals surface area contributed by atoms with Gasteiger partial charge in [-0.2, -0.15) is 0 Å². The summed E-state index contributed by atoms with van der Waals surface area (Å²) in [5.41, 5.74) is 6.49. The quantitative estimate of drug-likeness (QED) is 0.815. The zero-order valence-corrected chi connectivity index (χ0v) is 12.6. The molecule has 0 radical (unpaired) electrons. The summed E-state index contributed by atoms with van der Waals surface area (Å²) in [4.78, 5) is 12.0. The lowest BCUT2D eigenvalue weighted by molar-refractivity contribution is 0.102. The molecule has 0 unspecified atom stereocenters. The average Bonchev–Trinajstić information content (AvgIpc) is 2.86. The van der Waals surface area contributed by atoms with Crippen LogP contribution in [0.1, 0.15) is 15.9 Å². The lowest BCUT2D eigenvalue weighted by Crippen LogP contribution is -2.11. The van der Waals surface area contributed by atoms with Crippen LogP contribution in [0, 0.1) is 17.7 Å². The zero-order valence-electron chi connectivity index (χ0n) is 10.2. The minimum Gasteiger partial charge on any atom is -0.322 e. The van der Waals surface area contributed by atoms with Crippen LogP contribution < -0.4 is 11.1 Å². The van der Waals surface area contributed by atoms with Gasteiger partial charge in [0.1, 0.15) is 5.82 Å². The normalized spacial score (nSPS) is 9.75. The maximum Gasteiger partial charge on any atom is 0.256 e. The molecule has 0 aliphatic heterocycles. The van der Waals surface area contributed by atoms with E-state index < -0.39 is 5.82 Å². The molecule has 0 saturated carbocycles. The van der Waals surface area contributed by atoms with Gasteiger partial charge in [0, 0.05) is 11.1 Å². The summed E-state index contributed by atoms with van der Waals surface area (Å²) in [5, 5.41) is 4.43. The highest BCUT2D eigenvalue weighted by molar-refractivity contribution is 9.11. The van der Waals surface area contributed by atoms with Crippen LogP contribution in [0.2, 0.25) is 0 Å². The van der Waals surface area contributed by atoms with Gasteiger partial charge in [-0.1, -0.05) is 11.8 Å². The number of halogens is 2. The predicted molar refractivity (Wildman–Crippen MR) is 82.3 cm³/mol. The van der Waals surface area contributed by atoms with Crippen molar-refractivity contribution in [3.63, 3.8) is 0 Å². The molecular weight excluding hydrogens is 343 g/mol. The van der Waals surface area contributed by atoms with Gasteiger partial charge in [0.2, 0.25) is 0 Å². The first kappa shape index (κ1) is 14.7. The fourth-order valence-electron chi connectivity index (χ4n) is 1.48. The maximum absolute atomic E-state index is 13.5. The van der Waals surface area contributed by atoms with Crippen LogP contribution in [0.15, 0.2) is 33.4 Å². The summed E-state index contributed by atoms with van der Waals surface area (Å²) in [6, 6.07) is 5.96. The molecule has 6 heteroatoms. The number of hydrogen-bond acceptors (Lipinski definition) is 3. The Morgan fingerprint density at radius 1 is 1.45 bits per heavy atom. The lowest BCUT2D eigenvalue weighted by atomic mass is 10.2. The van der Waals surface area contributed by atoms with E-state index in [2.05, 4.69) is 33.1 Å². The molecule has 1 aromatic carbocycles. The number of thiophene rings is 1. The van der Waals surface area contributed by atoms with E-state index >= 15 is 0 Å². The highest BCUT2D eigenvalue weighted by Crippen LogP contribution is 2.22. The molecule has 0 aliphatic rings. The van der Waals surface area contributed by atoms with Gasteiger partial charge in [-0.3, -0.25) is 4.79 Å². The number of hydrogen-bond donors (Lipinski definition) is 2. The highest BCUT2D eigenvalue weighted by Gasteiger charge is 2.09. The Labute approximate surface area is 128 Å². The second-order valence-electron chi connectivity index (χ2n) is 3.79. The second-order valence-corrected chi connectivity index (χ2v) is 6.08. The number of benzene rings is 1. The van der Waals surface area contributed by atoms with Crippen LogP contribution in [-0.4, -0.2) is 12.5 Å². The zero-order chi connectivity index (χ0) is 14.5. The number of amides is 1. The second kappa shape index (κ2) is 6.66. The van der Waals surface area contributed by atoms with E-state index in [9.17, 15) is 9.18 Å². The summed E-state index contributed by atoms with van der Waals surface area (Å²) in [6.45, 7) is 0.152. The molecule has 102 valence electrons. The molecule has 3 N–H and O–H groups in total. The first-order valence-corrected chi connectivity index (χ1v) is 7.31. The number of nitrogens with two attached hydrogens (primary N) is 1. The van der Waals surface area contributed by atoms with Crippen LogP contribution in [0.5, 0.6) is 0 Å². The van der Waals surface area contributed by atoms with Crippen molar-refractivity contribution in [1.82, 2.24) is 0 Å². The number of anilines is 1. The van der Waals surface area contributed by atoms with Crippen LogP contribution in [0.25, 0.3) is 0 Å². The van der Waals surface area contributed by atoms with Crippen LogP contribution in [0.3, 0.4) is 0 Å². The Kier molecular flexibility index (Phi) is 4.90. The fourth-order valence-corrected chi connectivity index (χ4v) is 2.61. The van der Waals surface area contributed by atoms with E-state index in [4.69, 9.17) is 5.73 Å². The third-order valence-corrected chi connectivity index (χ3v) is 3.88. The fraction of sp³-hybridized carbons (Fsp3) is 0.0714. The molecule has 2 rings (SSSR count). The Hall–Kier alpha value is -1.68. The van der Waals surface area contributed by atoms with E-state index in [1.807, 2.05) is 0 Å². The Bertz CT molecular complexity index is 703. The summed E-state index contributed by atoms with van der Waals surface area (Å²) >= 11 is 4.71. The van der Waals surface area contributed by atoms with Crippen molar-refractivity contribution in [3.05, 3.63) is 50.4 Å². The van der Waals surface area contributed by atoms with Gasteiger partial charge in [0.15, 0.2) is 0 Å². The number of nitrogens with one attached hydrogen (secondary N) is 1. The van der Waals surface area contributed by atoms with E-state index in [0.717, 1.165) is 3.79 Å². The first-order chi connectivity index (χ1) is 9.60. The topological polar surface area (TPSA) is 55.1 Å². The highest BCUT2D eigenvalue weighted by atomic mass is 79.9. The van der Waals surface area contributed by atoms with Crippen molar-refractivity contribution in [3.8, 4) is 11.8 Å². The minimum absolute atomic E-state index is 0.152. The molecule has 1 heterocycles. The molecule has 1 aromatic heterocycles. The molecule has 3 nitrogen and oxygen atoms in total. The summed E-state index contributed by atoms with van der Waals surface area (Å²) in [7, 11) is 0. The van der Waals surface area contributed by atoms with Gasteiger partial charge in [-0.05, 0) is 40.2 Å². The summed E-state index contributed by atoms with van der Waals surface area (Å²) in [6.07, 6.45) is 0. The third kappa shape index (κ3) is 3.67. The minimum atomic E-state index is -0.442. The first-order valence-electron chi connectivity index (χ1n) is 5.64. The van der Waals surface area contributed by atoms with Gasteiger partial charge in [-0.15, -0.1) is 11.3 Å². The van der Waals surface area contributed by atoms with Gasteiger partial charge in [0.25, 0.3) is 5.91 Å². The predicted octanol–water partition coefficient (Wildman–Crippen LogP) is 3.21. The number of carbonyl (C=O) groups excluding carboxylic acids is 1. The molecule has 1 amide bonds. The smallest absolute Gasteiger partial charge is 0.256 e. The van der Waals surface area contributed by atoms with Crippen molar-refractivity contribution in [2.45, 2.75) is 0 Å². The van der Waals surface area contributed by atoms with Gasteiger partial charge >= 0.3 is 0 Å². The van der Waals surface area contributed by atoms with Crippen molar-refractivity contribution < 1.29 is 9.18 Å². The van der Waals surface area contributed by atoms with Crippen LogP contribution in [-0.2, 0) is 0 Å². The Morgan fingerprint density at radius 2 is 2.25 bits per heavy atom. The monoisotopic (exact) mass is 352 g/mol. The van der Waals surface area contributed by atoms with E-state index in [0.29, 0.717) is 11.3 Å². The van der Waals surface area contributed by atoms with E-state index in [1.165, 1.54) is 29.5 Å². The lowest BCUT2D eigenvalue weighted by Gasteiger charge is -2.05.